The van der Waals surface area contributed by atoms with E-state index in [1.54, 1.807) is 6.33 Å². The summed E-state index contributed by atoms with van der Waals surface area (Å²) in [4.78, 5) is 2.19. The summed E-state index contributed by atoms with van der Waals surface area (Å²) in [5.74, 6) is 0.944. The van der Waals surface area contributed by atoms with E-state index in [0.29, 0.717) is 12.1 Å². The zero-order chi connectivity index (χ0) is 13.9. The van der Waals surface area contributed by atoms with Crippen LogP contribution in [0.2, 0.25) is 0 Å². The summed E-state index contributed by atoms with van der Waals surface area (Å²) in [5.41, 5.74) is 2.81. The van der Waals surface area contributed by atoms with Gasteiger partial charge in [-0.05, 0) is 24.7 Å². The molecule has 1 aromatic carbocycles. The summed E-state index contributed by atoms with van der Waals surface area (Å²) >= 11 is 0. The van der Waals surface area contributed by atoms with Crippen LogP contribution in [0.5, 0.6) is 0 Å². The standard InChI is InChI=1S/C14H16N6/c1-16-8-11-2-3-13(12(6-11)7-15)19-4-5-20-10-17-18-14(20)9-19/h2-3,6,10,16H,4-5,8-9H2,1H3. The molecule has 0 fully saturated rings. The summed E-state index contributed by atoms with van der Waals surface area (Å²) < 4.78 is 2.05. The first-order chi connectivity index (χ1) is 9.81. The second-order valence-corrected chi connectivity index (χ2v) is 4.86. The highest BCUT2D eigenvalue weighted by atomic mass is 15.3. The third-order valence-corrected chi connectivity index (χ3v) is 3.54. The van der Waals surface area contributed by atoms with Gasteiger partial charge in [-0.25, -0.2) is 0 Å². The van der Waals surface area contributed by atoms with Gasteiger partial charge in [0.1, 0.15) is 12.4 Å². The van der Waals surface area contributed by atoms with Crippen LogP contribution < -0.4 is 10.2 Å². The number of nitrogens with one attached hydrogen (secondary N) is 1. The van der Waals surface area contributed by atoms with Crippen molar-refractivity contribution >= 4 is 5.69 Å². The second-order valence-electron chi connectivity index (χ2n) is 4.86. The molecule has 0 unspecified atom stereocenters. The molecule has 2 heterocycles. The Labute approximate surface area is 117 Å². The van der Waals surface area contributed by atoms with Crippen LogP contribution in [0.1, 0.15) is 17.0 Å². The monoisotopic (exact) mass is 268 g/mol. The molecule has 0 atom stereocenters. The molecule has 1 N–H and O–H groups in total. The van der Waals surface area contributed by atoms with Crippen LogP contribution in [0.3, 0.4) is 0 Å². The second kappa shape index (κ2) is 5.31. The van der Waals surface area contributed by atoms with Gasteiger partial charge in [-0.2, -0.15) is 5.26 Å². The van der Waals surface area contributed by atoms with Crippen molar-refractivity contribution in [2.75, 3.05) is 18.5 Å². The molecule has 1 aromatic heterocycles. The Hall–Kier alpha value is -2.39. The summed E-state index contributed by atoms with van der Waals surface area (Å²) in [6.45, 7) is 3.18. The molecular formula is C14H16N6. The van der Waals surface area contributed by atoms with Crippen LogP contribution in [-0.2, 0) is 19.6 Å². The number of rotatable bonds is 3. The van der Waals surface area contributed by atoms with Crippen molar-refractivity contribution < 1.29 is 0 Å². The summed E-state index contributed by atoms with van der Waals surface area (Å²) in [6.07, 6.45) is 1.76. The first-order valence-electron chi connectivity index (χ1n) is 6.61. The Kier molecular flexibility index (Phi) is 3.35. The topological polar surface area (TPSA) is 69.8 Å². The van der Waals surface area contributed by atoms with Crippen molar-refractivity contribution in [3.05, 3.63) is 41.5 Å². The predicted octanol–water partition coefficient (Wildman–Crippen LogP) is 0.889. The van der Waals surface area contributed by atoms with Gasteiger partial charge >= 0.3 is 0 Å². The average molecular weight is 268 g/mol. The van der Waals surface area contributed by atoms with Crippen LogP contribution in [0, 0.1) is 11.3 Å². The number of aromatic nitrogens is 3. The van der Waals surface area contributed by atoms with Gasteiger partial charge in [0.15, 0.2) is 5.82 Å². The predicted molar refractivity (Wildman–Crippen MR) is 75.0 cm³/mol. The van der Waals surface area contributed by atoms with Crippen molar-refractivity contribution in [3.8, 4) is 6.07 Å². The zero-order valence-corrected chi connectivity index (χ0v) is 11.4. The fraction of sp³-hybridized carbons (Fsp3) is 0.357. The molecule has 6 heteroatoms. The van der Waals surface area contributed by atoms with Crippen molar-refractivity contribution in [2.24, 2.45) is 0 Å². The summed E-state index contributed by atoms with van der Waals surface area (Å²) in [6, 6.07) is 8.33. The fourth-order valence-electron chi connectivity index (χ4n) is 2.53. The van der Waals surface area contributed by atoms with E-state index in [-0.39, 0.29) is 0 Å². The van der Waals surface area contributed by atoms with Gasteiger partial charge < -0.3 is 14.8 Å². The molecule has 3 rings (SSSR count). The van der Waals surface area contributed by atoms with Crippen molar-refractivity contribution in [1.29, 1.82) is 5.26 Å². The van der Waals surface area contributed by atoms with Crippen molar-refractivity contribution in [2.45, 2.75) is 19.6 Å². The van der Waals surface area contributed by atoms with E-state index in [1.165, 1.54) is 0 Å². The lowest BCUT2D eigenvalue weighted by Crippen LogP contribution is -2.34. The number of hydrogen-bond acceptors (Lipinski definition) is 5. The smallest absolute Gasteiger partial charge is 0.152 e. The molecule has 102 valence electrons. The summed E-state index contributed by atoms with van der Waals surface area (Å²) in [7, 11) is 1.90. The lowest BCUT2D eigenvalue weighted by Gasteiger charge is -2.29. The van der Waals surface area contributed by atoms with Crippen molar-refractivity contribution in [3.63, 3.8) is 0 Å². The molecular weight excluding hydrogens is 252 g/mol. The maximum absolute atomic E-state index is 9.37. The molecule has 0 saturated carbocycles. The molecule has 6 nitrogen and oxygen atoms in total. The van der Waals surface area contributed by atoms with E-state index in [1.807, 2.05) is 19.2 Å². The molecule has 0 radical (unpaired) electrons. The lowest BCUT2D eigenvalue weighted by molar-refractivity contribution is 0.560. The molecule has 1 aliphatic heterocycles. The van der Waals surface area contributed by atoms with Gasteiger partial charge in [0.25, 0.3) is 0 Å². The highest BCUT2D eigenvalue weighted by Gasteiger charge is 2.19. The third-order valence-electron chi connectivity index (χ3n) is 3.54. The number of nitriles is 1. The highest BCUT2D eigenvalue weighted by Crippen LogP contribution is 2.25. The lowest BCUT2D eigenvalue weighted by atomic mass is 10.1. The Bertz CT molecular complexity index is 654. The Morgan fingerprint density at radius 2 is 2.30 bits per heavy atom. The minimum atomic E-state index is 0.694. The first kappa shape index (κ1) is 12.6. The normalized spacial score (nSPS) is 13.9. The third kappa shape index (κ3) is 2.24. The molecule has 2 aromatic rings. The maximum atomic E-state index is 9.37. The van der Waals surface area contributed by atoms with E-state index < -0.39 is 0 Å². The van der Waals surface area contributed by atoms with E-state index >= 15 is 0 Å². The molecule has 0 spiro atoms. The zero-order valence-electron chi connectivity index (χ0n) is 11.4. The fourth-order valence-corrected chi connectivity index (χ4v) is 2.53. The van der Waals surface area contributed by atoms with Crippen LogP contribution >= 0.6 is 0 Å². The van der Waals surface area contributed by atoms with E-state index in [2.05, 4.69) is 37.1 Å². The van der Waals surface area contributed by atoms with Gasteiger partial charge in [-0.3, -0.25) is 0 Å². The van der Waals surface area contributed by atoms with Gasteiger partial charge in [0.05, 0.1) is 17.8 Å². The van der Waals surface area contributed by atoms with Gasteiger partial charge in [-0.15, -0.1) is 10.2 Å². The number of hydrogen-bond donors (Lipinski definition) is 1. The minimum Gasteiger partial charge on any atom is -0.361 e. The minimum absolute atomic E-state index is 0.694. The molecule has 0 amide bonds. The molecule has 0 aliphatic carbocycles. The van der Waals surface area contributed by atoms with Crippen molar-refractivity contribution in [1.82, 2.24) is 20.1 Å². The van der Waals surface area contributed by atoms with E-state index in [9.17, 15) is 5.26 Å². The molecule has 0 bridgehead atoms. The van der Waals surface area contributed by atoms with E-state index in [0.717, 1.165) is 36.7 Å². The SMILES string of the molecule is CNCc1ccc(N2CCn3cnnc3C2)c(C#N)c1. The maximum Gasteiger partial charge on any atom is 0.152 e. The number of nitrogens with zero attached hydrogens (tertiary/aromatic N) is 5. The highest BCUT2D eigenvalue weighted by molar-refractivity contribution is 5.60. The largest absolute Gasteiger partial charge is 0.361 e. The van der Waals surface area contributed by atoms with Gasteiger partial charge in [0, 0.05) is 19.6 Å². The molecule has 1 aliphatic rings. The molecule has 20 heavy (non-hydrogen) atoms. The average Bonchev–Trinajstić information content (AvgIpc) is 2.95. The molecule has 0 saturated heterocycles. The quantitative estimate of drug-likeness (QED) is 0.895. The number of benzene rings is 1. The number of fused-ring (bicyclic) bond motifs is 1. The van der Waals surface area contributed by atoms with E-state index in [4.69, 9.17) is 0 Å². The van der Waals surface area contributed by atoms with Crippen LogP contribution in [0.15, 0.2) is 24.5 Å². The van der Waals surface area contributed by atoms with Gasteiger partial charge in [0.2, 0.25) is 0 Å². The number of anilines is 1. The van der Waals surface area contributed by atoms with Crippen LogP contribution in [-0.4, -0.2) is 28.4 Å². The summed E-state index contributed by atoms with van der Waals surface area (Å²) in [5, 5.41) is 20.5. The van der Waals surface area contributed by atoms with Crippen LogP contribution in [0.25, 0.3) is 0 Å². The Balaban J connectivity index is 1.89. The Morgan fingerprint density at radius 3 is 3.10 bits per heavy atom. The first-order valence-corrected chi connectivity index (χ1v) is 6.61. The Morgan fingerprint density at radius 1 is 1.40 bits per heavy atom. The van der Waals surface area contributed by atoms with Gasteiger partial charge in [-0.1, -0.05) is 6.07 Å². The van der Waals surface area contributed by atoms with Crippen LogP contribution in [0.4, 0.5) is 5.69 Å².